The van der Waals surface area contributed by atoms with Gasteiger partial charge in [0, 0.05) is 0 Å². The van der Waals surface area contributed by atoms with Crippen molar-refractivity contribution in [1.82, 2.24) is 0 Å². The van der Waals surface area contributed by atoms with E-state index in [1.807, 2.05) is 0 Å². The number of hydrogen-bond acceptors (Lipinski definition) is 0. The molecular weight excluding hydrogens is 120 g/mol. The Bertz CT molecular complexity index is 113. The van der Waals surface area contributed by atoms with Crippen molar-refractivity contribution in [3.63, 3.8) is 0 Å². The summed E-state index contributed by atoms with van der Waals surface area (Å²) in [4.78, 5) is 0. The lowest BCUT2D eigenvalue weighted by molar-refractivity contribution is 0.220. The van der Waals surface area contributed by atoms with Crippen molar-refractivity contribution < 1.29 is 0 Å². The van der Waals surface area contributed by atoms with Gasteiger partial charge in [-0.3, -0.25) is 0 Å². The molecule has 3 atom stereocenters. The zero-order chi connectivity index (χ0) is 6.97. The first-order valence-corrected chi connectivity index (χ1v) is 4.86. The lowest BCUT2D eigenvalue weighted by Gasteiger charge is -2.29. The molecule has 0 N–H and O–H groups in total. The van der Waals surface area contributed by atoms with Gasteiger partial charge in [-0.1, -0.05) is 32.6 Å². The van der Waals surface area contributed by atoms with Crippen LogP contribution < -0.4 is 0 Å². The molecule has 3 saturated carbocycles. The Hall–Kier alpha value is 0. The average Bonchev–Trinajstić information content (AvgIpc) is 2.20. The van der Waals surface area contributed by atoms with Crippen LogP contribution in [0.5, 0.6) is 0 Å². The minimum atomic E-state index is 1.06. The predicted octanol–water partition coefficient (Wildman–Crippen LogP) is 3.22. The highest BCUT2D eigenvalue weighted by atomic mass is 14.4. The normalized spacial score (nSPS) is 47.1. The van der Waals surface area contributed by atoms with Crippen LogP contribution in [0, 0.1) is 17.8 Å². The number of hydrogen-bond donors (Lipinski definition) is 0. The van der Waals surface area contributed by atoms with Crippen LogP contribution in [0.25, 0.3) is 0 Å². The van der Waals surface area contributed by atoms with E-state index in [4.69, 9.17) is 0 Å². The molecule has 0 aromatic rings. The molecule has 0 amide bonds. The van der Waals surface area contributed by atoms with Gasteiger partial charge in [0.2, 0.25) is 0 Å². The zero-order valence-electron chi connectivity index (χ0n) is 6.97. The van der Waals surface area contributed by atoms with Crippen LogP contribution in [0.2, 0.25) is 0 Å². The van der Waals surface area contributed by atoms with Gasteiger partial charge in [-0.2, -0.15) is 0 Å². The standard InChI is InChI=1S/C10H18/c1-8-7-9-3-2-4-10(8)6-5-9/h8-10H,2-7H2,1H3/t8-,9?,10?/m1/s1. The SMILES string of the molecule is C[C@@H]1CC2CCCC1CC2. The van der Waals surface area contributed by atoms with E-state index < -0.39 is 0 Å². The van der Waals surface area contributed by atoms with Crippen molar-refractivity contribution in [2.45, 2.75) is 45.4 Å². The van der Waals surface area contributed by atoms with Gasteiger partial charge in [-0.25, -0.2) is 0 Å². The van der Waals surface area contributed by atoms with Crippen molar-refractivity contribution >= 4 is 0 Å². The summed E-state index contributed by atoms with van der Waals surface area (Å²) in [7, 11) is 0. The molecule has 3 fully saturated rings. The molecule has 0 radical (unpaired) electrons. The summed E-state index contributed by atoms with van der Waals surface area (Å²) in [5, 5.41) is 0. The van der Waals surface area contributed by atoms with Crippen molar-refractivity contribution in [2.24, 2.45) is 17.8 Å². The molecule has 3 aliphatic carbocycles. The maximum absolute atomic E-state index is 2.46. The Morgan fingerprint density at radius 1 is 1.00 bits per heavy atom. The Labute approximate surface area is 64.0 Å². The summed E-state index contributed by atoms with van der Waals surface area (Å²) in [6.45, 7) is 2.46. The van der Waals surface area contributed by atoms with E-state index in [2.05, 4.69) is 6.92 Å². The van der Waals surface area contributed by atoms with E-state index in [0.29, 0.717) is 0 Å². The molecule has 0 heterocycles. The molecule has 0 aromatic carbocycles. The third-order valence-electron chi connectivity index (χ3n) is 3.64. The summed E-state index contributed by atoms with van der Waals surface area (Å²) in [5.41, 5.74) is 0. The van der Waals surface area contributed by atoms with Crippen LogP contribution in [0.15, 0.2) is 0 Å². The smallest absolute Gasteiger partial charge is 0.0388 e. The average molecular weight is 138 g/mol. The number of rotatable bonds is 0. The van der Waals surface area contributed by atoms with Gasteiger partial charge in [0.15, 0.2) is 0 Å². The van der Waals surface area contributed by atoms with E-state index >= 15 is 0 Å². The highest BCUT2D eigenvalue weighted by Crippen LogP contribution is 2.42. The van der Waals surface area contributed by atoms with E-state index in [1.54, 1.807) is 25.7 Å². The fourth-order valence-corrected chi connectivity index (χ4v) is 2.93. The quantitative estimate of drug-likeness (QED) is 0.482. The summed E-state index contributed by atoms with van der Waals surface area (Å²) in [6.07, 6.45) is 9.25. The topological polar surface area (TPSA) is 0 Å². The maximum Gasteiger partial charge on any atom is -0.0388 e. The maximum atomic E-state index is 2.46. The highest BCUT2D eigenvalue weighted by molar-refractivity contribution is 4.81. The molecule has 0 saturated heterocycles. The first kappa shape index (κ1) is 6.69. The van der Waals surface area contributed by atoms with E-state index in [9.17, 15) is 0 Å². The van der Waals surface area contributed by atoms with Gasteiger partial charge in [0.05, 0.1) is 0 Å². The molecule has 0 nitrogen and oxygen atoms in total. The highest BCUT2D eigenvalue weighted by Gasteiger charge is 2.29. The lowest BCUT2D eigenvalue weighted by Crippen LogP contribution is -2.18. The van der Waals surface area contributed by atoms with Gasteiger partial charge >= 0.3 is 0 Å². The predicted molar refractivity (Wildman–Crippen MR) is 43.8 cm³/mol. The van der Waals surface area contributed by atoms with Crippen molar-refractivity contribution in [2.75, 3.05) is 0 Å². The monoisotopic (exact) mass is 138 g/mol. The second-order valence-electron chi connectivity index (χ2n) is 4.35. The largest absolute Gasteiger partial charge is 0.0622 e. The van der Waals surface area contributed by atoms with Crippen molar-refractivity contribution in [3.05, 3.63) is 0 Å². The van der Waals surface area contributed by atoms with E-state index in [-0.39, 0.29) is 0 Å². The Kier molecular flexibility index (Phi) is 1.71. The Morgan fingerprint density at radius 3 is 2.70 bits per heavy atom. The van der Waals surface area contributed by atoms with Crippen LogP contribution in [0.4, 0.5) is 0 Å². The van der Waals surface area contributed by atoms with Gasteiger partial charge < -0.3 is 0 Å². The molecule has 10 heavy (non-hydrogen) atoms. The molecule has 3 rings (SSSR count). The van der Waals surface area contributed by atoms with Crippen LogP contribution >= 0.6 is 0 Å². The zero-order valence-corrected chi connectivity index (χ0v) is 6.97. The third kappa shape index (κ3) is 1.09. The second-order valence-corrected chi connectivity index (χ2v) is 4.35. The minimum absolute atomic E-state index is 1.06. The van der Waals surface area contributed by atoms with Crippen LogP contribution in [0.3, 0.4) is 0 Å². The third-order valence-corrected chi connectivity index (χ3v) is 3.64. The Balaban J connectivity index is 2.07. The van der Waals surface area contributed by atoms with Crippen molar-refractivity contribution in [3.8, 4) is 0 Å². The lowest BCUT2D eigenvalue weighted by atomic mass is 9.77. The summed E-state index contributed by atoms with van der Waals surface area (Å²) >= 11 is 0. The van der Waals surface area contributed by atoms with Gasteiger partial charge in [0.25, 0.3) is 0 Å². The van der Waals surface area contributed by atoms with Crippen LogP contribution in [0.1, 0.15) is 45.4 Å². The molecule has 0 aliphatic heterocycles. The molecule has 58 valence electrons. The first-order valence-electron chi connectivity index (χ1n) is 4.86. The van der Waals surface area contributed by atoms with Gasteiger partial charge in [-0.15, -0.1) is 0 Å². The Morgan fingerprint density at radius 2 is 1.90 bits per heavy atom. The molecule has 0 aromatic heterocycles. The summed E-state index contributed by atoms with van der Waals surface area (Å²) in [5.74, 6) is 3.29. The fourth-order valence-electron chi connectivity index (χ4n) is 2.93. The molecular formula is C10H18. The molecule has 0 spiro atoms. The number of fused-ring (bicyclic) bond motifs is 4. The van der Waals surface area contributed by atoms with Gasteiger partial charge in [-0.05, 0) is 30.6 Å². The minimum Gasteiger partial charge on any atom is -0.0622 e. The summed E-state index contributed by atoms with van der Waals surface area (Å²) in [6, 6.07) is 0. The summed E-state index contributed by atoms with van der Waals surface area (Å²) < 4.78 is 0. The molecule has 0 heteroatoms. The molecule has 3 aliphatic rings. The van der Waals surface area contributed by atoms with Crippen molar-refractivity contribution in [1.29, 1.82) is 0 Å². The van der Waals surface area contributed by atoms with Gasteiger partial charge in [0.1, 0.15) is 0 Å². The molecule has 2 bridgehead atoms. The van der Waals surface area contributed by atoms with E-state index in [0.717, 1.165) is 17.8 Å². The second kappa shape index (κ2) is 2.56. The van der Waals surface area contributed by atoms with Crippen LogP contribution in [-0.2, 0) is 0 Å². The first-order chi connectivity index (χ1) is 4.86. The fraction of sp³-hybridized carbons (Fsp3) is 1.00. The van der Waals surface area contributed by atoms with Crippen LogP contribution in [-0.4, -0.2) is 0 Å². The van der Waals surface area contributed by atoms with E-state index in [1.165, 1.54) is 12.8 Å². The molecule has 2 unspecified atom stereocenters.